The zero-order valence-electron chi connectivity index (χ0n) is 21.2. The maximum absolute atomic E-state index is 11.4. The summed E-state index contributed by atoms with van der Waals surface area (Å²) in [5, 5.41) is 6.71. The molecule has 1 aliphatic rings. The van der Waals surface area contributed by atoms with Crippen LogP contribution >= 0.6 is 11.6 Å². The molecule has 198 valence electrons. The van der Waals surface area contributed by atoms with Crippen LogP contribution in [-0.4, -0.2) is 71.7 Å². The number of fused-ring (bicyclic) bond motifs is 1. The van der Waals surface area contributed by atoms with Gasteiger partial charge < -0.3 is 25.1 Å². The molecular formula is C28H31ClN6O3. The number of carbonyl (C=O) groups excluding carboxylic acids is 1. The van der Waals surface area contributed by atoms with Crippen molar-refractivity contribution >= 4 is 34.4 Å². The lowest BCUT2D eigenvalue weighted by Gasteiger charge is -2.32. The van der Waals surface area contributed by atoms with Crippen molar-refractivity contribution in [2.24, 2.45) is 0 Å². The van der Waals surface area contributed by atoms with Crippen molar-refractivity contribution in [1.29, 1.82) is 0 Å². The monoisotopic (exact) mass is 534 g/mol. The van der Waals surface area contributed by atoms with Crippen LogP contribution in [0.15, 0.2) is 60.8 Å². The van der Waals surface area contributed by atoms with E-state index in [9.17, 15) is 4.79 Å². The van der Waals surface area contributed by atoms with Gasteiger partial charge in [-0.2, -0.15) is 0 Å². The number of para-hydroxylation sites is 1. The zero-order valence-corrected chi connectivity index (χ0v) is 22.0. The van der Waals surface area contributed by atoms with Crippen LogP contribution in [0.1, 0.15) is 12.8 Å². The number of halogens is 1. The lowest BCUT2D eigenvalue weighted by molar-refractivity contribution is -0.122. The van der Waals surface area contributed by atoms with E-state index in [1.54, 1.807) is 13.2 Å². The Balaban J connectivity index is 1.19. The van der Waals surface area contributed by atoms with Crippen LogP contribution in [0.3, 0.4) is 0 Å². The van der Waals surface area contributed by atoms with Crippen LogP contribution in [0.4, 0.5) is 5.69 Å². The third-order valence-electron chi connectivity index (χ3n) is 6.60. The number of carbonyl (C=O) groups is 1. The number of aromatic nitrogens is 3. The molecule has 0 aliphatic carbocycles. The first-order chi connectivity index (χ1) is 18.6. The summed E-state index contributed by atoms with van der Waals surface area (Å²) >= 11 is 6.57. The smallest absolute Gasteiger partial charge is 0.257 e. The molecule has 10 heteroatoms. The van der Waals surface area contributed by atoms with Crippen LogP contribution in [-0.2, 0) is 4.79 Å². The molecule has 5 rings (SSSR count). The Kier molecular flexibility index (Phi) is 8.25. The largest absolute Gasteiger partial charge is 0.492 e. The van der Waals surface area contributed by atoms with Gasteiger partial charge in [-0.1, -0.05) is 29.8 Å². The Morgan fingerprint density at radius 2 is 1.82 bits per heavy atom. The molecule has 3 N–H and O–H groups in total. The van der Waals surface area contributed by atoms with E-state index >= 15 is 0 Å². The second kappa shape index (κ2) is 12.1. The quantitative estimate of drug-likeness (QED) is 0.278. The molecule has 2 aromatic heterocycles. The predicted molar refractivity (Wildman–Crippen MR) is 149 cm³/mol. The van der Waals surface area contributed by atoms with Crippen LogP contribution in [0.2, 0.25) is 5.02 Å². The van der Waals surface area contributed by atoms with Gasteiger partial charge in [0.1, 0.15) is 29.4 Å². The summed E-state index contributed by atoms with van der Waals surface area (Å²) in [6.45, 7) is 3.53. The lowest BCUT2D eigenvalue weighted by atomic mass is 10.0. The number of aromatic amines is 1. The lowest BCUT2D eigenvalue weighted by Crippen LogP contribution is -2.40. The predicted octanol–water partition coefficient (Wildman–Crippen LogP) is 4.36. The number of likely N-dealkylation sites (tertiary alicyclic amines) is 1. The van der Waals surface area contributed by atoms with Crippen molar-refractivity contribution in [2.45, 2.75) is 18.9 Å². The number of ether oxygens (including phenoxy) is 2. The SMILES string of the molecule is CNC(=O)COc1ccc(-c2nc3c(NC4CCN(CCOc5ccccc5)CC4)c(Cl)cnc3[nH]2)cc1. The zero-order chi connectivity index (χ0) is 26.3. The molecule has 38 heavy (non-hydrogen) atoms. The molecular weight excluding hydrogens is 504 g/mol. The Bertz CT molecular complexity index is 1350. The van der Waals surface area contributed by atoms with Gasteiger partial charge in [-0.3, -0.25) is 9.69 Å². The number of benzene rings is 2. The Hall–Kier alpha value is -3.82. The molecule has 9 nitrogen and oxygen atoms in total. The Labute approximate surface area is 226 Å². The first kappa shape index (κ1) is 25.8. The summed E-state index contributed by atoms with van der Waals surface area (Å²) in [7, 11) is 1.58. The van der Waals surface area contributed by atoms with Crippen molar-refractivity contribution in [3.05, 3.63) is 65.8 Å². The van der Waals surface area contributed by atoms with E-state index in [0.717, 1.165) is 49.5 Å². The maximum Gasteiger partial charge on any atom is 0.257 e. The van der Waals surface area contributed by atoms with Gasteiger partial charge in [0.2, 0.25) is 0 Å². The first-order valence-electron chi connectivity index (χ1n) is 12.7. The van der Waals surface area contributed by atoms with Crippen LogP contribution in [0.5, 0.6) is 11.5 Å². The van der Waals surface area contributed by atoms with Gasteiger partial charge in [0.25, 0.3) is 5.91 Å². The standard InChI is InChI=1S/C28H31ClN6O3/c1-30-24(36)18-38-22-9-7-19(8-10-22)27-33-26-25(23(29)17-31-28(26)34-27)32-20-11-13-35(14-12-20)15-16-37-21-5-3-2-4-6-21/h2-10,17,20H,11-16,18H2,1H3,(H,30,36)(H2,31,32,33,34). The minimum Gasteiger partial charge on any atom is -0.492 e. The molecule has 3 heterocycles. The van der Waals surface area contributed by atoms with Gasteiger partial charge in [-0.25, -0.2) is 9.97 Å². The summed E-state index contributed by atoms with van der Waals surface area (Å²) in [6.07, 6.45) is 3.65. The van der Waals surface area contributed by atoms with Gasteiger partial charge in [-0.15, -0.1) is 0 Å². The number of likely N-dealkylation sites (N-methyl/N-ethyl adjacent to an activating group) is 1. The molecule has 1 fully saturated rings. The maximum atomic E-state index is 11.4. The normalized spacial score (nSPS) is 14.4. The highest BCUT2D eigenvalue weighted by Crippen LogP contribution is 2.32. The average Bonchev–Trinajstić information content (AvgIpc) is 3.40. The number of nitrogens with one attached hydrogen (secondary N) is 3. The number of pyridine rings is 1. The van der Waals surface area contributed by atoms with E-state index in [0.29, 0.717) is 40.4 Å². The van der Waals surface area contributed by atoms with Crippen molar-refractivity contribution in [2.75, 3.05) is 45.2 Å². The molecule has 0 unspecified atom stereocenters. The second-order valence-corrected chi connectivity index (χ2v) is 9.58. The summed E-state index contributed by atoms with van der Waals surface area (Å²) in [5.41, 5.74) is 3.06. The van der Waals surface area contributed by atoms with Crippen molar-refractivity contribution in [3.63, 3.8) is 0 Å². The van der Waals surface area contributed by atoms with E-state index in [1.165, 1.54) is 0 Å². The number of piperidine rings is 1. The van der Waals surface area contributed by atoms with E-state index in [2.05, 4.69) is 25.5 Å². The fraction of sp³-hybridized carbons (Fsp3) is 0.321. The van der Waals surface area contributed by atoms with Crippen molar-refractivity contribution < 1.29 is 14.3 Å². The van der Waals surface area contributed by atoms with Crippen molar-refractivity contribution in [3.8, 4) is 22.9 Å². The summed E-state index contributed by atoms with van der Waals surface area (Å²) in [4.78, 5) is 26.4. The highest BCUT2D eigenvalue weighted by molar-refractivity contribution is 6.34. The van der Waals surface area contributed by atoms with Gasteiger partial charge in [0, 0.05) is 38.3 Å². The minimum absolute atomic E-state index is 0.0294. The summed E-state index contributed by atoms with van der Waals surface area (Å²) < 4.78 is 11.3. The van der Waals surface area contributed by atoms with Gasteiger partial charge in [-0.05, 0) is 49.2 Å². The van der Waals surface area contributed by atoms with Crippen molar-refractivity contribution in [1.82, 2.24) is 25.2 Å². The molecule has 1 aliphatic heterocycles. The van der Waals surface area contributed by atoms with Gasteiger partial charge >= 0.3 is 0 Å². The number of imidazole rings is 1. The first-order valence-corrected chi connectivity index (χ1v) is 13.1. The molecule has 1 saturated heterocycles. The number of nitrogens with zero attached hydrogens (tertiary/aromatic N) is 3. The Morgan fingerprint density at radius 3 is 2.55 bits per heavy atom. The number of hydrogen-bond acceptors (Lipinski definition) is 7. The average molecular weight is 535 g/mol. The molecule has 0 atom stereocenters. The number of rotatable bonds is 10. The highest BCUT2D eigenvalue weighted by Gasteiger charge is 2.22. The van der Waals surface area contributed by atoms with E-state index in [4.69, 9.17) is 26.1 Å². The topological polar surface area (TPSA) is 104 Å². The molecule has 0 spiro atoms. The third-order valence-corrected chi connectivity index (χ3v) is 6.89. The second-order valence-electron chi connectivity index (χ2n) is 9.17. The number of amides is 1. The van der Waals surface area contributed by atoms with Crippen LogP contribution in [0, 0.1) is 0 Å². The molecule has 2 aromatic carbocycles. The number of hydrogen-bond donors (Lipinski definition) is 3. The third kappa shape index (κ3) is 6.35. The molecule has 1 amide bonds. The minimum atomic E-state index is -0.183. The molecule has 0 bridgehead atoms. The fourth-order valence-corrected chi connectivity index (χ4v) is 4.64. The van der Waals surface area contributed by atoms with E-state index < -0.39 is 0 Å². The van der Waals surface area contributed by atoms with Gasteiger partial charge in [0.05, 0.1) is 16.9 Å². The fourth-order valence-electron chi connectivity index (χ4n) is 4.45. The Morgan fingerprint density at radius 1 is 1.08 bits per heavy atom. The number of H-pyrrole nitrogens is 1. The van der Waals surface area contributed by atoms with E-state index in [1.807, 2.05) is 54.6 Å². The molecule has 0 saturated carbocycles. The van der Waals surface area contributed by atoms with Crippen LogP contribution in [0.25, 0.3) is 22.6 Å². The summed E-state index contributed by atoms with van der Waals surface area (Å²) in [5.74, 6) is 2.01. The van der Waals surface area contributed by atoms with E-state index in [-0.39, 0.29) is 12.5 Å². The molecule has 4 aromatic rings. The van der Waals surface area contributed by atoms with Crippen LogP contribution < -0.4 is 20.1 Å². The number of anilines is 1. The highest BCUT2D eigenvalue weighted by atomic mass is 35.5. The molecule has 0 radical (unpaired) electrons. The summed E-state index contributed by atoms with van der Waals surface area (Å²) in [6, 6.07) is 17.6. The van der Waals surface area contributed by atoms with Gasteiger partial charge in [0.15, 0.2) is 12.3 Å².